The van der Waals surface area contributed by atoms with E-state index < -0.39 is 0 Å². The van der Waals surface area contributed by atoms with Gasteiger partial charge in [0.2, 0.25) is 11.8 Å². The van der Waals surface area contributed by atoms with Crippen molar-refractivity contribution in [1.82, 2.24) is 20.0 Å². The molecule has 1 aromatic heterocycles. The Morgan fingerprint density at radius 1 is 1.07 bits per heavy atom. The number of piperazine rings is 1. The van der Waals surface area contributed by atoms with Crippen LogP contribution in [0.1, 0.15) is 41.9 Å². The van der Waals surface area contributed by atoms with Crippen molar-refractivity contribution in [2.24, 2.45) is 0 Å². The highest BCUT2D eigenvalue weighted by Crippen LogP contribution is 2.24. The molecule has 2 heterocycles. The van der Waals surface area contributed by atoms with Gasteiger partial charge >= 0.3 is 0 Å². The average molecular weight is 374 g/mol. The van der Waals surface area contributed by atoms with Gasteiger partial charge in [-0.05, 0) is 12.1 Å². The molecule has 0 aliphatic carbocycles. The van der Waals surface area contributed by atoms with Crippen LogP contribution in [0.5, 0.6) is 11.5 Å². The van der Waals surface area contributed by atoms with Crippen molar-refractivity contribution in [2.75, 3.05) is 40.4 Å². The number of hydrogen-bond donors (Lipinski definition) is 0. The van der Waals surface area contributed by atoms with Crippen LogP contribution in [-0.2, 0) is 6.54 Å². The van der Waals surface area contributed by atoms with Crippen LogP contribution in [0.15, 0.2) is 22.6 Å². The molecule has 0 radical (unpaired) electrons. The van der Waals surface area contributed by atoms with Gasteiger partial charge in [0.05, 0.1) is 20.8 Å². The Balaban J connectivity index is 1.59. The van der Waals surface area contributed by atoms with E-state index in [1.807, 2.05) is 18.7 Å². The Labute approximate surface area is 159 Å². The van der Waals surface area contributed by atoms with E-state index >= 15 is 0 Å². The monoisotopic (exact) mass is 374 g/mol. The van der Waals surface area contributed by atoms with Gasteiger partial charge < -0.3 is 18.8 Å². The van der Waals surface area contributed by atoms with Gasteiger partial charge in [-0.15, -0.1) is 10.2 Å². The van der Waals surface area contributed by atoms with Gasteiger partial charge in [-0.1, -0.05) is 13.8 Å². The summed E-state index contributed by atoms with van der Waals surface area (Å²) in [5.41, 5.74) is 0.568. The third-order valence-corrected chi connectivity index (χ3v) is 4.59. The van der Waals surface area contributed by atoms with E-state index in [0.29, 0.717) is 48.5 Å². The standard InChI is InChI=1S/C19H26N4O4/c1-13(2)18-21-20-17(27-18)12-22-5-7-23(8-6-22)19(24)14-9-15(25-3)11-16(10-14)26-4/h9-11,13H,5-8,12H2,1-4H3. The number of carbonyl (C=O) groups excluding carboxylic acids is 1. The molecule has 27 heavy (non-hydrogen) atoms. The predicted molar refractivity (Wildman–Crippen MR) is 99.1 cm³/mol. The number of nitrogens with zero attached hydrogens (tertiary/aromatic N) is 4. The van der Waals surface area contributed by atoms with Crippen LogP contribution in [0.3, 0.4) is 0 Å². The summed E-state index contributed by atoms with van der Waals surface area (Å²) in [6.07, 6.45) is 0. The molecule has 1 aromatic carbocycles. The zero-order valence-electron chi connectivity index (χ0n) is 16.3. The molecule has 8 heteroatoms. The molecule has 3 rings (SSSR count). The van der Waals surface area contributed by atoms with Gasteiger partial charge in [-0.3, -0.25) is 9.69 Å². The maximum atomic E-state index is 12.8. The summed E-state index contributed by atoms with van der Waals surface area (Å²) in [5.74, 6) is 2.69. The molecule has 2 aromatic rings. The number of hydrogen-bond acceptors (Lipinski definition) is 7. The molecule has 0 spiro atoms. The minimum Gasteiger partial charge on any atom is -0.497 e. The lowest BCUT2D eigenvalue weighted by atomic mass is 10.1. The van der Waals surface area contributed by atoms with Gasteiger partial charge in [-0.2, -0.15) is 0 Å². The summed E-state index contributed by atoms with van der Waals surface area (Å²) in [6.45, 7) is 7.45. The second-order valence-corrected chi connectivity index (χ2v) is 6.86. The normalized spacial score (nSPS) is 15.2. The van der Waals surface area contributed by atoms with Gasteiger partial charge in [0.25, 0.3) is 5.91 Å². The van der Waals surface area contributed by atoms with E-state index in [1.165, 1.54) is 0 Å². The van der Waals surface area contributed by atoms with Crippen molar-refractivity contribution in [3.63, 3.8) is 0 Å². The molecular formula is C19H26N4O4. The van der Waals surface area contributed by atoms with Crippen molar-refractivity contribution in [3.8, 4) is 11.5 Å². The summed E-state index contributed by atoms with van der Waals surface area (Å²) in [5, 5.41) is 8.17. The molecule has 1 aliphatic rings. The lowest BCUT2D eigenvalue weighted by Crippen LogP contribution is -2.48. The highest BCUT2D eigenvalue weighted by molar-refractivity contribution is 5.95. The molecule has 0 unspecified atom stereocenters. The first-order valence-corrected chi connectivity index (χ1v) is 9.07. The fourth-order valence-corrected chi connectivity index (χ4v) is 2.98. The minimum absolute atomic E-state index is 0.0215. The lowest BCUT2D eigenvalue weighted by molar-refractivity contribution is 0.0616. The third-order valence-electron chi connectivity index (χ3n) is 4.59. The highest BCUT2D eigenvalue weighted by atomic mass is 16.5. The predicted octanol–water partition coefficient (Wildman–Crippen LogP) is 2.17. The summed E-state index contributed by atoms with van der Waals surface area (Å²) in [7, 11) is 3.15. The van der Waals surface area contributed by atoms with E-state index in [1.54, 1.807) is 32.4 Å². The first-order valence-electron chi connectivity index (χ1n) is 9.07. The lowest BCUT2D eigenvalue weighted by Gasteiger charge is -2.34. The van der Waals surface area contributed by atoms with Crippen molar-refractivity contribution >= 4 is 5.91 Å². The average Bonchev–Trinajstić information content (AvgIpc) is 3.16. The molecule has 1 aliphatic heterocycles. The number of carbonyl (C=O) groups is 1. The van der Waals surface area contributed by atoms with Gasteiger partial charge in [-0.25, -0.2) is 0 Å². The number of amides is 1. The molecular weight excluding hydrogens is 348 g/mol. The van der Waals surface area contributed by atoms with Crippen LogP contribution in [-0.4, -0.2) is 66.3 Å². The number of aromatic nitrogens is 2. The largest absolute Gasteiger partial charge is 0.497 e. The molecule has 0 atom stereocenters. The maximum Gasteiger partial charge on any atom is 0.254 e. The SMILES string of the molecule is COc1cc(OC)cc(C(=O)N2CCN(Cc3nnc(C(C)C)o3)CC2)c1. The Hall–Kier alpha value is -2.61. The first kappa shape index (κ1) is 19.2. The second-order valence-electron chi connectivity index (χ2n) is 6.86. The van der Waals surface area contributed by atoms with Gasteiger partial charge in [0, 0.05) is 43.7 Å². The number of methoxy groups -OCH3 is 2. The number of rotatable bonds is 6. The molecule has 1 fully saturated rings. The van der Waals surface area contributed by atoms with Gasteiger partial charge in [0.1, 0.15) is 11.5 Å². The first-order chi connectivity index (χ1) is 13.0. The van der Waals surface area contributed by atoms with Crippen molar-refractivity contribution in [2.45, 2.75) is 26.3 Å². The van der Waals surface area contributed by atoms with E-state index in [0.717, 1.165) is 13.1 Å². The molecule has 146 valence electrons. The zero-order valence-corrected chi connectivity index (χ0v) is 16.3. The molecule has 0 saturated carbocycles. The van der Waals surface area contributed by atoms with Crippen LogP contribution in [0.2, 0.25) is 0 Å². The van der Waals surface area contributed by atoms with Crippen LogP contribution in [0.4, 0.5) is 0 Å². The van der Waals surface area contributed by atoms with Crippen LogP contribution in [0, 0.1) is 0 Å². The fourth-order valence-electron chi connectivity index (χ4n) is 2.98. The van der Waals surface area contributed by atoms with Crippen molar-refractivity contribution < 1.29 is 18.7 Å². The summed E-state index contributed by atoms with van der Waals surface area (Å²) in [6, 6.07) is 5.23. The summed E-state index contributed by atoms with van der Waals surface area (Å²) >= 11 is 0. The van der Waals surface area contributed by atoms with Crippen molar-refractivity contribution in [1.29, 1.82) is 0 Å². The maximum absolute atomic E-state index is 12.8. The van der Waals surface area contributed by atoms with Crippen LogP contribution >= 0.6 is 0 Å². The molecule has 8 nitrogen and oxygen atoms in total. The second kappa shape index (κ2) is 8.39. The molecule has 1 saturated heterocycles. The Morgan fingerprint density at radius 2 is 1.70 bits per heavy atom. The number of ether oxygens (including phenoxy) is 2. The number of benzene rings is 1. The minimum atomic E-state index is -0.0215. The van der Waals surface area contributed by atoms with E-state index in [9.17, 15) is 4.79 Å². The van der Waals surface area contributed by atoms with Crippen molar-refractivity contribution in [3.05, 3.63) is 35.5 Å². The Kier molecular flexibility index (Phi) is 5.95. The third kappa shape index (κ3) is 4.57. The van der Waals surface area contributed by atoms with Gasteiger partial charge in [0.15, 0.2) is 0 Å². The molecule has 0 N–H and O–H groups in total. The molecule has 0 bridgehead atoms. The highest BCUT2D eigenvalue weighted by Gasteiger charge is 2.24. The molecule has 1 amide bonds. The fraction of sp³-hybridized carbons (Fsp3) is 0.526. The van der Waals surface area contributed by atoms with E-state index in [-0.39, 0.29) is 11.8 Å². The Bertz CT molecular complexity index is 760. The van der Waals surface area contributed by atoms with Crippen LogP contribution in [0.25, 0.3) is 0 Å². The summed E-state index contributed by atoms with van der Waals surface area (Å²) < 4.78 is 16.2. The summed E-state index contributed by atoms with van der Waals surface area (Å²) in [4.78, 5) is 16.9. The Morgan fingerprint density at radius 3 is 2.22 bits per heavy atom. The zero-order chi connectivity index (χ0) is 19.4. The quantitative estimate of drug-likeness (QED) is 0.766. The van der Waals surface area contributed by atoms with Crippen LogP contribution < -0.4 is 9.47 Å². The smallest absolute Gasteiger partial charge is 0.254 e. The topological polar surface area (TPSA) is 80.9 Å². The van der Waals surface area contributed by atoms with E-state index in [2.05, 4.69) is 15.1 Å². The van der Waals surface area contributed by atoms with E-state index in [4.69, 9.17) is 13.9 Å².